The fourth-order valence-corrected chi connectivity index (χ4v) is 2.30. The van der Waals surface area contributed by atoms with Crippen LogP contribution in [0.25, 0.3) is 11.3 Å². The third-order valence-corrected chi connectivity index (χ3v) is 3.84. The number of pyridine rings is 1. The van der Waals surface area contributed by atoms with Crippen LogP contribution in [0.1, 0.15) is 13.8 Å². The molecular weight excluding hydrogens is 266 g/mol. The van der Waals surface area contributed by atoms with Crippen LogP contribution < -0.4 is 4.90 Å². The van der Waals surface area contributed by atoms with Crippen molar-refractivity contribution in [2.45, 2.75) is 19.4 Å². The molecule has 2 aromatic heterocycles. The Kier molecular flexibility index (Phi) is 3.08. The Morgan fingerprint density at radius 3 is 2.52 bits per heavy atom. The number of likely N-dealkylation sites (N-methyl/N-ethyl adjacent to an activating group) is 1. The van der Waals surface area contributed by atoms with Crippen LogP contribution in [-0.2, 0) is 0 Å². The molecule has 1 saturated heterocycles. The summed E-state index contributed by atoms with van der Waals surface area (Å²) in [5.41, 5.74) is 1.44. The highest BCUT2D eigenvalue weighted by Gasteiger charge is 2.41. The van der Waals surface area contributed by atoms with Crippen LogP contribution in [0.3, 0.4) is 0 Å². The average molecular weight is 283 g/mol. The number of nitrogens with zero attached hydrogens (tertiary/aromatic N) is 5. The first-order valence-corrected chi connectivity index (χ1v) is 6.77. The fraction of sp³-hybridized carbons (Fsp3) is 0.333. The van der Waals surface area contributed by atoms with Crippen molar-refractivity contribution >= 4 is 11.8 Å². The summed E-state index contributed by atoms with van der Waals surface area (Å²) < 4.78 is 0. The van der Waals surface area contributed by atoms with Crippen LogP contribution in [0.5, 0.6) is 0 Å². The van der Waals surface area contributed by atoms with Gasteiger partial charge in [-0.05, 0) is 26.0 Å². The van der Waals surface area contributed by atoms with Gasteiger partial charge in [-0.1, -0.05) is 0 Å². The summed E-state index contributed by atoms with van der Waals surface area (Å²) in [7, 11) is 1.81. The molecule has 1 aliphatic heterocycles. The zero-order chi connectivity index (χ0) is 15.0. The minimum atomic E-state index is -0.208. The number of amides is 2. The van der Waals surface area contributed by atoms with Gasteiger partial charge in [0.15, 0.2) is 5.82 Å². The zero-order valence-electron chi connectivity index (χ0n) is 12.3. The van der Waals surface area contributed by atoms with Crippen LogP contribution in [0.4, 0.5) is 10.6 Å². The van der Waals surface area contributed by atoms with Crippen LogP contribution in [0.2, 0.25) is 0 Å². The van der Waals surface area contributed by atoms with Gasteiger partial charge in [-0.15, -0.1) is 0 Å². The molecule has 0 N–H and O–H groups in total. The van der Waals surface area contributed by atoms with Crippen LogP contribution in [-0.4, -0.2) is 45.0 Å². The molecule has 0 unspecified atom stereocenters. The first-order chi connectivity index (χ1) is 9.99. The normalized spacial score (nSPS) is 17.4. The quantitative estimate of drug-likeness (QED) is 0.847. The lowest BCUT2D eigenvalue weighted by atomic mass is 10.1. The lowest BCUT2D eigenvalue weighted by Gasteiger charge is -2.24. The van der Waals surface area contributed by atoms with E-state index in [2.05, 4.69) is 15.0 Å². The highest BCUT2D eigenvalue weighted by atomic mass is 16.2. The molecule has 0 aliphatic carbocycles. The fourth-order valence-electron chi connectivity index (χ4n) is 2.30. The third-order valence-electron chi connectivity index (χ3n) is 3.84. The number of carbonyl (C=O) groups is 1. The lowest BCUT2D eigenvalue weighted by molar-refractivity contribution is 0.198. The van der Waals surface area contributed by atoms with E-state index in [0.717, 1.165) is 11.3 Å². The standard InChI is InChI=1S/C15H17N5O/c1-15(2)10-20(14(21)19(15)3)13-9-17-12(8-18-13)11-5-4-6-16-7-11/h4-9H,10H2,1-3H3. The van der Waals surface area contributed by atoms with Crippen molar-refractivity contribution in [2.24, 2.45) is 0 Å². The molecule has 108 valence electrons. The Bertz CT molecular complexity index is 654. The van der Waals surface area contributed by atoms with Crippen molar-refractivity contribution < 1.29 is 4.79 Å². The summed E-state index contributed by atoms with van der Waals surface area (Å²) in [6, 6.07) is 3.73. The van der Waals surface area contributed by atoms with Gasteiger partial charge in [-0.25, -0.2) is 9.78 Å². The Morgan fingerprint density at radius 1 is 1.19 bits per heavy atom. The lowest BCUT2D eigenvalue weighted by Crippen LogP contribution is -2.38. The molecule has 3 rings (SSSR count). The molecular formula is C15H17N5O. The number of hydrogen-bond acceptors (Lipinski definition) is 4. The van der Waals surface area contributed by atoms with E-state index < -0.39 is 0 Å². The summed E-state index contributed by atoms with van der Waals surface area (Å²) >= 11 is 0. The second-order valence-corrected chi connectivity index (χ2v) is 5.74. The Morgan fingerprint density at radius 2 is 2.00 bits per heavy atom. The topological polar surface area (TPSA) is 62.2 Å². The molecule has 6 nitrogen and oxygen atoms in total. The van der Waals surface area contributed by atoms with E-state index in [0.29, 0.717) is 12.4 Å². The first-order valence-electron chi connectivity index (χ1n) is 6.77. The molecule has 6 heteroatoms. The molecule has 0 aromatic carbocycles. The number of rotatable bonds is 2. The molecule has 1 fully saturated rings. The monoisotopic (exact) mass is 283 g/mol. The number of carbonyl (C=O) groups excluding carboxylic acids is 1. The van der Waals surface area contributed by atoms with Gasteiger partial charge in [-0.3, -0.25) is 14.9 Å². The minimum Gasteiger partial charge on any atom is -0.320 e. The molecule has 0 atom stereocenters. The van der Waals surface area contributed by atoms with Gasteiger partial charge in [0.25, 0.3) is 0 Å². The highest BCUT2D eigenvalue weighted by molar-refractivity contribution is 5.94. The molecule has 0 saturated carbocycles. The van der Waals surface area contributed by atoms with Crippen LogP contribution in [0.15, 0.2) is 36.9 Å². The summed E-state index contributed by atoms with van der Waals surface area (Å²) in [5, 5.41) is 0. The summed E-state index contributed by atoms with van der Waals surface area (Å²) in [4.78, 5) is 28.5. The smallest absolute Gasteiger partial charge is 0.320 e. The van der Waals surface area contributed by atoms with E-state index in [4.69, 9.17) is 0 Å². The maximum atomic E-state index is 12.3. The van der Waals surface area contributed by atoms with Crippen molar-refractivity contribution in [2.75, 3.05) is 18.5 Å². The molecule has 1 aliphatic rings. The van der Waals surface area contributed by atoms with Crippen molar-refractivity contribution in [3.63, 3.8) is 0 Å². The maximum Gasteiger partial charge on any atom is 0.326 e. The molecule has 2 amide bonds. The Hall–Kier alpha value is -2.50. The Balaban J connectivity index is 1.87. The highest BCUT2D eigenvalue weighted by Crippen LogP contribution is 2.28. The van der Waals surface area contributed by atoms with Gasteiger partial charge >= 0.3 is 6.03 Å². The van der Waals surface area contributed by atoms with E-state index in [-0.39, 0.29) is 11.6 Å². The average Bonchev–Trinajstić information content (AvgIpc) is 2.72. The van der Waals surface area contributed by atoms with Crippen LogP contribution in [0, 0.1) is 0 Å². The van der Waals surface area contributed by atoms with E-state index in [1.807, 2.05) is 26.0 Å². The third kappa shape index (κ3) is 2.33. The molecule has 0 bridgehead atoms. The molecule has 3 heterocycles. The van der Waals surface area contributed by atoms with Gasteiger partial charge in [0.05, 0.1) is 30.2 Å². The molecule has 0 spiro atoms. The Labute approximate surface area is 123 Å². The van der Waals surface area contributed by atoms with E-state index >= 15 is 0 Å². The summed E-state index contributed by atoms with van der Waals surface area (Å²) in [5.74, 6) is 0.574. The number of aromatic nitrogens is 3. The first kappa shape index (κ1) is 13.5. The van der Waals surface area contributed by atoms with Gasteiger partial charge in [0.2, 0.25) is 0 Å². The maximum absolute atomic E-state index is 12.3. The molecule has 2 aromatic rings. The number of anilines is 1. The van der Waals surface area contributed by atoms with Gasteiger partial charge in [0.1, 0.15) is 0 Å². The van der Waals surface area contributed by atoms with E-state index in [9.17, 15) is 4.79 Å². The van der Waals surface area contributed by atoms with Gasteiger partial charge in [0, 0.05) is 25.0 Å². The molecule has 0 radical (unpaired) electrons. The van der Waals surface area contributed by atoms with Gasteiger partial charge < -0.3 is 4.90 Å². The van der Waals surface area contributed by atoms with Crippen molar-refractivity contribution in [1.82, 2.24) is 19.9 Å². The van der Waals surface area contributed by atoms with E-state index in [1.165, 1.54) is 0 Å². The number of hydrogen-bond donors (Lipinski definition) is 0. The van der Waals surface area contributed by atoms with Crippen molar-refractivity contribution in [3.8, 4) is 11.3 Å². The zero-order valence-corrected chi connectivity index (χ0v) is 12.3. The second-order valence-electron chi connectivity index (χ2n) is 5.74. The van der Waals surface area contributed by atoms with Gasteiger partial charge in [-0.2, -0.15) is 0 Å². The predicted molar refractivity (Wildman–Crippen MR) is 79.8 cm³/mol. The van der Waals surface area contributed by atoms with E-state index in [1.54, 1.807) is 41.6 Å². The van der Waals surface area contributed by atoms with Crippen molar-refractivity contribution in [1.29, 1.82) is 0 Å². The largest absolute Gasteiger partial charge is 0.326 e. The minimum absolute atomic E-state index is 0.0524. The summed E-state index contributed by atoms with van der Waals surface area (Å²) in [6.07, 6.45) is 6.76. The van der Waals surface area contributed by atoms with Crippen LogP contribution >= 0.6 is 0 Å². The van der Waals surface area contributed by atoms with Crippen molar-refractivity contribution in [3.05, 3.63) is 36.9 Å². The molecule has 21 heavy (non-hydrogen) atoms. The summed E-state index contributed by atoms with van der Waals surface area (Å²) in [6.45, 7) is 4.66. The number of urea groups is 1. The predicted octanol–water partition coefficient (Wildman–Crippen LogP) is 2.19. The SMILES string of the molecule is CN1C(=O)N(c2cnc(-c3cccnc3)cn2)CC1(C)C. The second kappa shape index (κ2) is 4.80.